The van der Waals surface area contributed by atoms with E-state index in [1.54, 1.807) is 0 Å². The monoisotopic (exact) mass is 1260 g/mol. The molecule has 11 aromatic rings. The van der Waals surface area contributed by atoms with Crippen LogP contribution in [0, 0.1) is 13.8 Å². The molecule has 0 spiro atoms. The highest BCUT2D eigenvalue weighted by molar-refractivity contribution is 6.37. The van der Waals surface area contributed by atoms with E-state index in [4.69, 9.17) is 16.0 Å². The van der Waals surface area contributed by atoms with Crippen molar-refractivity contribution in [3.8, 4) is 11.3 Å². The SMILES string of the molecule is Cc1cccc(C)c1N(c1cccc(N(c2ccccc2)c2ccc(-c3cc4ccccc4o3)cc2)c1)c1cc(N(c2ccc(C(C)(C)C)cc2)c2ccc(C(C)(C)C)cc2)cc(N(c2ccc3c(c2)C(C)(C)CCC3(C)C)c2ccc3c(c2)C(C)(C)CCC3(C)C)c1Cl. The van der Waals surface area contributed by atoms with Crippen molar-refractivity contribution in [3.05, 3.63) is 274 Å². The van der Waals surface area contributed by atoms with Gasteiger partial charge < -0.3 is 24.0 Å². The molecule has 13 rings (SSSR count). The second-order valence-corrected chi connectivity index (χ2v) is 31.9. The number of halogens is 1. The molecule has 2 aliphatic carbocycles. The van der Waals surface area contributed by atoms with Crippen molar-refractivity contribution < 1.29 is 4.42 Å². The molecule has 2 aliphatic rings. The molecule has 0 radical (unpaired) electrons. The Balaban J connectivity index is 1.10. The molecule has 478 valence electrons. The number of anilines is 12. The Labute approximate surface area is 565 Å². The Morgan fingerprint density at radius 1 is 0.340 bits per heavy atom. The summed E-state index contributed by atoms with van der Waals surface area (Å²) < 4.78 is 6.40. The van der Waals surface area contributed by atoms with Gasteiger partial charge in [0.05, 0.1) is 27.8 Å². The van der Waals surface area contributed by atoms with Crippen LogP contribution in [0.4, 0.5) is 68.2 Å². The van der Waals surface area contributed by atoms with Crippen LogP contribution in [-0.4, -0.2) is 0 Å². The first-order chi connectivity index (χ1) is 44.6. The lowest BCUT2D eigenvalue weighted by Gasteiger charge is -2.43. The Kier molecular flexibility index (Phi) is 16.3. The average Bonchev–Trinajstić information content (AvgIpc) is 0.901. The number of hydrogen-bond acceptors (Lipinski definition) is 5. The lowest BCUT2D eigenvalue weighted by atomic mass is 9.63. The minimum Gasteiger partial charge on any atom is -0.456 e. The minimum atomic E-state index is -0.0607. The van der Waals surface area contributed by atoms with Crippen LogP contribution in [0.2, 0.25) is 5.02 Å². The number of para-hydroxylation sites is 3. The van der Waals surface area contributed by atoms with Gasteiger partial charge in [-0.3, -0.25) is 0 Å². The van der Waals surface area contributed by atoms with Crippen LogP contribution in [0.15, 0.2) is 229 Å². The van der Waals surface area contributed by atoms with E-state index in [2.05, 4.69) is 343 Å². The minimum absolute atomic E-state index is 0.0153. The summed E-state index contributed by atoms with van der Waals surface area (Å²) in [7, 11) is 0. The Morgan fingerprint density at radius 2 is 0.723 bits per heavy atom. The zero-order valence-corrected chi connectivity index (χ0v) is 59.0. The van der Waals surface area contributed by atoms with Gasteiger partial charge >= 0.3 is 0 Å². The van der Waals surface area contributed by atoms with Crippen molar-refractivity contribution in [1.82, 2.24) is 0 Å². The van der Waals surface area contributed by atoms with Crippen LogP contribution in [0.5, 0.6) is 0 Å². The molecule has 0 bridgehead atoms. The number of fused-ring (bicyclic) bond motifs is 3. The number of hydrogen-bond donors (Lipinski definition) is 0. The maximum Gasteiger partial charge on any atom is 0.135 e. The summed E-state index contributed by atoms with van der Waals surface area (Å²) in [5, 5.41) is 1.71. The van der Waals surface area contributed by atoms with Crippen LogP contribution in [0.1, 0.15) is 167 Å². The number of benzene rings is 10. The van der Waals surface area contributed by atoms with Gasteiger partial charge in [-0.1, -0.05) is 206 Å². The molecule has 1 heterocycles. The topological polar surface area (TPSA) is 26.1 Å². The maximum absolute atomic E-state index is 8.77. The van der Waals surface area contributed by atoms with Crippen molar-refractivity contribution in [2.45, 2.75) is 169 Å². The van der Waals surface area contributed by atoms with Crippen molar-refractivity contribution in [2.75, 3.05) is 19.6 Å². The lowest BCUT2D eigenvalue weighted by molar-refractivity contribution is 0.332. The summed E-state index contributed by atoms with van der Waals surface area (Å²) in [6.07, 6.45) is 4.44. The summed E-state index contributed by atoms with van der Waals surface area (Å²) >= 11 is 8.77. The van der Waals surface area contributed by atoms with Gasteiger partial charge in [0.2, 0.25) is 0 Å². The van der Waals surface area contributed by atoms with E-state index in [-0.39, 0.29) is 32.5 Å². The van der Waals surface area contributed by atoms with Gasteiger partial charge in [0.1, 0.15) is 11.3 Å². The van der Waals surface area contributed by atoms with Crippen molar-refractivity contribution in [3.63, 3.8) is 0 Å². The van der Waals surface area contributed by atoms with E-state index in [1.165, 1.54) is 33.4 Å². The summed E-state index contributed by atoms with van der Waals surface area (Å²) in [6, 6.07) is 83.2. The normalized spacial score (nSPS) is 15.5. The van der Waals surface area contributed by atoms with E-state index >= 15 is 0 Å². The van der Waals surface area contributed by atoms with E-state index in [9.17, 15) is 0 Å². The van der Waals surface area contributed by atoms with Crippen LogP contribution in [0.25, 0.3) is 22.3 Å². The molecule has 10 aromatic carbocycles. The van der Waals surface area contributed by atoms with E-state index in [0.717, 1.165) is 127 Å². The number of nitrogens with zero attached hydrogens (tertiary/aromatic N) is 4. The largest absolute Gasteiger partial charge is 0.456 e. The molecule has 0 amide bonds. The fraction of sp³-hybridized carbons (Fsp3) is 0.295. The second kappa shape index (κ2) is 23.9. The van der Waals surface area contributed by atoms with Crippen molar-refractivity contribution in [1.29, 1.82) is 0 Å². The fourth-order valence-corrected chi connectivity index (χ4v) is 15.1. The van der Waals surface area contributed by atoms with Crippen LogP contribution >= 0.6 is 11.6 Å². The molecule has 0 saturated carbocycles. The van der Waals surface area contributed by atoms with Gasteiger partial charge in [-0.2, -0.15) is 0 Å². The molecule has 0 N–H and O–H groups in total. The molecule has 0 unspecified atom stereocenters. The quantitative estimate of drug-likeness (QED) is 0.115. The maximum atomic E-state index is 8.77. The Hall–Kier alpha value is -8.77. The Morgan fingerprint density at radius 3 is 1.21 bits per heavy atom. The third-order valence-electron chi connectivity index (χ3n) is 20.8. The second-order valence-electron chi connectivity index (χ2n) is 31.5. The molecule has 5 nitrogen and oxygen atoms in total. The molecule has 0 atom stereocenters. The van der Waals surface area contributed by atoms with Gasteiger partial charge in [0.25, 0.3) is 0 Å². The summed E-state index contributed by atoms with van der Waals surface area (Å²) in [4.78, 5) is 9.74. The highest BCUT2D eigenvalue weighted by Gasteiger charge is 2.40. The van der Waals surface area contributed by atoms with Crippen molar-refractivity contribution in [2.24, 2.45) is 0 Å². The third kappa shape index (κ3) is 12.0. The van der Waals surface area contributed by atoms with Crippen LogP contribution in [0.3, 0.4) is 0 Å². The average molecular weight is 1260 g/mol. The Bertz CT molecular complexity index is 4420. The molecular formula is C88H93ClN4O. The first-order valence-electron chi connectivity index (χ1n) is 33.9. The first-order valence-corrected chi connectivity index (χ1v) is 34.3. The van der Waals surface area contributed by atoms with E-state index in [1.807, 2.05) is 12.1 Å². The van der Waals surface area contributed by atoms with E-state index < -0.39 is 0 Å². The summed E-state index contributed by atoms with van der Waals surface area (Å²) in [6.45, 7) is 37.6. The molecule has 1 aromatic heterocycles. The lowest BCUT2D eigenvalue weighted by Crippen LogP contribution is -2.34. The molecule has 0 saturated heterocycles. The fourth-order valence-electron chi connectivity index (χ4n) is 14.8. The predicted octanol–water partition coefficient (Wildman–Crippen LogP) is 26.5. The third-order valence-corrected chi connectivity index (χ3v) is 21.2. The number of furan rings is 1. The zero-order chi connectivity index (χ0) is 66.4. The smallest absolute Gasteiger partial charge is 0.135 e. The molecule has 6 heteroatoms. The number of rotatable bonds is 13. The zero-order valence-electron chi connectivity index (χ0n) is 58.3. The van der Waals surface area contributed by atoms with Crippen LogP contribution < -0.4 is 19.6 Å². The molecular weight excluding hydrogens is 1160 g/mol. The van der Waals surface area contributed by atoms with Gasteiger partial charge in [-0.05, 0) is 244 Å². The molecule has 0 fully saturated rings. The predicted molar refractivity (Wildman–Crippen MR) is 403 cm³/mol. The first kappa shape index (κ1) is 64.0. The summed E-state index contributed by atoms with van der Waals surface area (Å²) in [5.74, 6) is 0.837. The highest BCUT2D eigenvalue weighted by Crippen LogP contribution is 2.56. The van der Waals surface area contributed by atoms with E-state index in [0.29, 0.717) is 5.02 Å². The molecule has 94 heavy (non-hydrogen) atoms. The standard InChI is InChI=1S/C88H93ClN4O/c1-58-24-22-25-59(2)82(58)93(69-30-23-29-68(53-69)90(64-27-18-17-19-28-64)65-38-32-60(33-39-65)80-52-61-26-20-21-31-79(61)94-80)78-57-72(91(66-40-34-62(35-41-66)83(3,4)5)67-42-36-63(37-43-67)84(6,7)8)56-77(81(78)89)92(70-44-46-73-75(54-70)87(13,14)50-48-85(73,9)10)71-45-47-74-76(55-71)88(15,16)51-49-86(74,11)12/h17-47,52-57H,48-51H2,1-16H3. The molecule has 0 aliphatic heterocycles. The highest BCUT2D eigenvalue weighted by atomic mass is 35.5. The van der Waals surface area contributed by atoms with Crippen molar-refractivity contribution >= 4 is 90.8 Å². The summed E-state index contributed by atoms with van der Waals surface area (Å²) in [5.41, 5.74) is 24.1. The van der Waals surface area contributed by atoms with Gasteiger partial charge in [-0.15, -0.1) is 0 Å². The van der Waals surface area contributed by atoms with Crippen LogP contribution in [-0.2, 0) is 32.5 Å². The number of aryl methyl sites for hydroxylation is 2. The van der Waals surface area contributed by atoms with Gasteiger partial charge in [0, 0.05) is 56.4 Å². The van der Waals surface area contributed by atoms with Gasteiger partial charge in [0.15, 0.2) is 0 Å². The van der Waals surface area contributed by atoms with Gasteiger partial charge in [-0.25, -0.2) is 0 Å².